The molecule has 0 spiro atoms. The van der Waals surface area contributed by atoms with Crippen LogP contribution >= 0.6 is 11.6 Å². The zero-order valence-corrected chi connectivity index (χ0v) is 23.2. The first-order valence-electron chi connectivity index (χ1n) is 13.5. The van der Waals surface area contributed by atoms with Crippen LogP contribution in [-0.4, -0.2) is 58.9 Å². The molecule has 1 saturated heterocycles. The van der Waals surface area contributed by atoms with E-state index in [-0.39, 0.29) is 17.4 Å². The predicted molar refractivity (Wildman–Crippen MR) is 153 cm³/mol. The van der Waals surface area contributed by atoms with Crippen molar-refractivity contribution in [2.75, 3.05) is 37.6 Å². The minimum absolute atomic E-state index is 0.0663. The Kier molecular flexibility index (Phi) is 8.55. The Labute approximate surface area is 238 Å². The maximum absolute atomic E-state index is 14.3. The first kappa shape index (κ1) is 27.5. The van der Waals surface area contributed by atoms with Crippen LogP contribution in [0.4, 0.5) is 10.1 Å². The molecule has 4 aromatic rings. The standard InChI is InChI=1S/C31H32ClFN4O3/c1-2-14-37(30(38)27-10-3-4-11-28(27)33)21-25-9-6-15-36(25)22-26-12-13-29(40-26)31(39)35-18-16-34(17-19-35)24-8-5-7-23(32)20-24/h3-13,15,20H,2,14,16-19,21-22H2,1H3. The fourth-order valence-corrected chi connectivity index (χ4v) is 5.20. The van der Waals surface area contributed by atoms with E-state index < -0.39 is 5.82 Å². The van der Waals surface area contributed by atoms with E-state index in [9.17, 15) is 14.0 Å². The lowest BCUT2D eigenvalue weighted by molar-refractivity contribution is 0.0709. The lowest BCUT2D eigenvalue weighted by atomic mass is 10.1. The first-order chi connectivity index (χ1) is 19.4. The predicted octanol–water partition coefficient (Wildman–Crippen LogP) is 5.94. The normalized spacial score (nSPS) is 13.5. The second-order valence-corrected chi connectivity index (χ2v) is 10.3. The number of carbonyl (C=O) groups is 2. The zero-order chi connectivity index (χ0) is 28.1. The van der Waals surface area contributed by atoms with Crippen molar-refractivity contribution in [2.45, 2.75) is 26.4 Å². The van der Waals surface area contributed by atoms with Crippen LogP contribution in [0, 0.1) is 5.82 Å². The van der Waals surface area contributed by atoms with Crippen molar-refractivity contribution in [3.05, 3.63) is 113 Å². The van der Waals surface area contributed by atoms with Crippen LogP contribution < -0.4 is 4.90 Å². The molecule has 0 atom stereocenters. The number of hydrogen-bond donors (Lipinski definition) is 0. The van der Waals surface area contributed by atoms with Crippen LogP contribution in [0.2, 0.25) is 5.02 Å². The van der Waals surface area contributed by atoms with Crippen molar-refractivity contribution < 1.29 is 18.4 Å². The molecule has 2 amide bonds. The Morgan fingerprint density at radius 3 is 2.52 bits per heavy atom. The number of carbonyl (C=O) groups excluding carboxylic acids is 2. The van der Waals surface area contributed by atoms with E-state index in [0.717, 1.165) is 17.8 Å². The molecule has 0 N–H and O–H groups in total. The van der Waals surface area contributed by atoms with Gasteiger partial charge in [0.25, 0.3) is 11.8 Å². The van der Waals surface area contributed by atoms with Crippen LogP contribution in [0.15, 0.2) is 83.4 Å². The highest BCUT2D eigenvalue weighted by molar-refractivity contribution is 6.30. The van der Waals surface area contributed by atoms with Gasteiger partial charge in [-0.25, -0.2) is 4.39 Å². The van der Waals surface area contributed by atoms with Gasteiger partial charge in [0.2, 0.25) is 0 Å². The monoisotopic (exact) mass is 562 g/mol. The minimum atomic E-state index is -0.525. The first-order valence-corrected chi connectivity index (χ1v) is 13.9. The quantitative estimate of drug-likeness (QED) is 0.253. The van der Waals surface area contributed by atoms with E-state index >= 15 is 0 Å². The molecular weight excluding hydrogens is 531 g/mol. The van der Waals surface area contributed by atoms with Gasteiger partial charge in [-0.15, -0.1) is 0 Å². The molecule has 1 aliphatic heterocycles. The van der Waals surface area contributed by atoms with Gasteiger partial charge in [0, 0.05) is 55.3 Å². The maximum atomic E-state index is 14.3. The van der Waals surface area contributed by atoms with Crippen molar-refractivity contribution in [1.82, 2.24) is 14.4 Å². The van der Waals surface area contributed by atoms with Crippen LogP contribution in [0.1, 0.15) is 45.7 Å². The molecule has 40 heavy (non-hydrogen) atoms. The lowest BCUT2D eigenvalue weighted by Crippen LogP contribution is -2.48. The summed E-state index contributed by atoms with van der Waals surface area (Å²) in [7, 11) is 0. The molecule has 2 aromatic heterocycles. The molecule has 3 heterocycles. The lowest BCUT2D eigenvalue weighted by Gasteiger charge is -2.35. The van der Waals surface area contributed by atoms with E-state index in [2.05, 4.69) is 4.90 Å². The summed E-state index contributed by atoms with van der Waals surface area (Å²) < 4.78 is 22.2. The maximum Gasteiger partial charge on any atom is 0.289 e. The number of benzene rings is 2. The second-order valence-electron chi connectivity index (χ2n) is 9.86. The number of nitrogens with zero attached hydrogens (tertiary/aromatic N) is 4. The smallest absolute Gasteiger partial charge is 0.289 e. The average Bonchev–Trinajstić information content (AvgIpc) is 3.62. The van der Waals surface area contributed by atoms with Gasteiger partial charge in [0.05, 0.1) is 18.7 Å². The van der Waals surface area contributed by atoms with Crippen molar-refractivity contribution in [3.63, 3.8) is 0 Å². The number of anilines is 1. The Morgan fingerprint density at radius 2 is 1.77 bits per heavy atom. The summed E-state index contributed by atoms with van der Waals surface area (Å²) in [6, 6.07) is 21.2. The van der Waals surface area contributed by atoms with Gasteiger partial charge in [-0.3, -0.25) is 9.59 Å². The van der Waals surface area contributed by atoms with Gasteiger partial charge < -0.3 is 23.7 Å². The van der Waals surface area contributed by atoms with E-state index in [1.165, 1.54) is 12.1 Å². The largest absolute Gasteiger partial charge is 0.454 e. The molecule has 0 unspecified atom stereocenters. The molecule has 0 saturated carbocycles. The fourth-order valence-electron chi connectivity index (χ4n) is 5.01. The van der Waals surface area contributed by atoms with Crippen LogP contribution in [0.5, 0.6) is 0 Å². The second kappa shape index (κ2) is 12.4. The van der Waals surface area contributed by atoms with E-state index in [1.54, 1.807) is 23.1 Å². The Balaban J connectivity index is 1.21. The summed E-state index contributed by atoms with van der Waals surface area (Å²) in [5.74, 6) is -0.0471. The summed E-state index contributed by atoms with van der Waals surface area (Å²) in [6.45, 7) is 5.84. The van der Waals surface area contributed by atoms with Gasteiger partial charge in [-0.05, 0) is 61.0 Å². The van der Waals surface area contributed by atoms with Gasteiger partial charge in [-0.2, -0.15) is 0 Å². The molecule has 0 aliphatic carbocycles. The molecular formula is C31H32ClFN4O3. The number of hydrogen-bond acceptors (Lipinski definition) is 4. The summed E-state index contributed by atoms with van der Waals surface area (Å²) in [5.41, 5.74) is 2.01. The SMILES string of the molecule is CCCN(Cc1cccn1Cc1ccc(C(=O)N2CCN(c3cccc(Cl)c3)CC2)o1)C(=O)c1ccccc1F. The molecule has 9 heteroatoms. The molecule has 0 radical (unpaired) electrons. The van der Waals surface area contributed by atoms with E-state index in [4.69, 9.17) is 16.0 Å². The number of furan rings is 1. The highest BCUT2D eigenvalue weighted by Gasteiger charge is 2.25. The number of amides is 2. The van der Waals surface area contributed by atoms with Crippen LogP contribution in [-0.2, 0) is 13.1 Å². The molecule has 7 nitrogen and oxygen atoms in total. The van der Waals surface area contributed by atoms with Gasteiger partial charge in [0.1, 0.15) is 11.6 Å². The highest BCUT2D eigenvalue weighted by Crippen LogP contribution is 2.22. The van der Waals surface area contributed by atoms with Crippen LogP contribution in [0.3, 0.4) is 0 Å². The molecule has 1 fully saturated rings. The topological polar surface area (TPSA) is 61.9 Å². The molecule has 208 valence electrons. The van der Waals surface area contributed by atoms with Crippen molar-refractivity contribution in [1.29, 1.82) is 0 Å². The molecule has 1 aliphatic rings. The van der Waals surface area contributed by atoms with E-state index in [1.807, 2.05) is 65.1 Å². The zero-order valence-electron chi connectivity index (χ0n) is 22.4. The fraction of sp³-hybridized carbons (Fsp3) is 0.290. The summed E-state index contributed by atoms with van der Waals surface area (Å²) >= 11 is 6.13. The van der Waals surface area contributed by atoms with E-state index in [0.29, 0.717) is 62.4 Å². The molecule has 5 rings (SSSR count). The number of rotatable bonds is 9. The summed E-state index contributed by atoms with van der Waals surface area (Å²) in [6.07, 6.45) is 2.66. The third-order valence-corrected chi connectivity index (χ3v) is 7.34. The van der Waals surface area contributed by atoms with Crippen molar-refractivity contribution >= 4 is 29.1 Å². The molecule has 2 aromatic carbocycles. The Bertz CT molecular complexity index is 1470. The highest BCUT2D eigenvalue weighted by atomic mass is 35.5. The van der Waals surface area contributed by atoms with Gasteiger partial charge >= 0.3 is 0 Å². The Hall–Kier alpha value is -4.04. The third-order valence-electron chi connectivity index (χ3n) is 7.10. The van der Waals surface area contributed by atoms with Gasteiger partial charge in [0.15, 0.2) is 5.76 Å². The number of halogens is 2. The van der Waals surface area contributed by atoms with Crippen molar-refractivity contribution in [2.24, 2.45) is 0 Å². The summed E-state index contributed by atoms with van der Waals surface area (Å²) in [4.78, 5) is 31.9. The Morgan fingerprint density at radius 1 is 0.975 bits per heavy atom. The third kappa shape index (κ3) is 6.23. The van der Waals surface area contributed by atoms with Gasteiger partial charge in [-0.1, -0.05) is 36.7 Å². The van der Waals surface area contributed by atoms with Crippen LogP contribution in [0.25, 0.3) is 0 Å². The summed E-state index contributed by atoms with van der Waals surface area (Å²) in [5, 5.41) is 0.694. The minimum Gasteiger partial charge on any atom is -0.454 e. The number of piperazine rings is 1. The number of aromatic nitrogens is 1. The average molecular weight is 563 g/mol. The van der Waals surface area contributed by atoms with Crippen molar-refractivity contribution in [3.8, 4) is 0 Å². The molecule has 0 bridgehead atoms.